The lowest BCUT2D eigenvalue weighted by Crippen LogP contribution is -2.31. The van der Waals surface area contributed by atoms with E-state index < -0.39 is 0 Å². The van der Waals surface area contributed by atoms with Crippen molar-refractivity contribution in [3.63, 3.8) is 0 Å². The van der Waals surface area contributed by atoms with E-state index in [1.54, 1.807) is 24.3 Å². The molecule has 1 heterocycles. The van der Waals surface area contributed by atoms with Gasteiger partial charge >= 0.3 is 0 Å². The Labute approximate surface area is 117 Å². The molecule has 0 aliphatic carbocycles. The number of hydrogen-bond donors (Lipinski definition) is 2. The number of ether oxygens (including phenoxy) is 1. The van der Waals surface area contributed by atoms with Gasteiger partial charge in [0.1, 0.15) is 5.75 Å². The molecule has 1 atom stereocenters. The maximum atomic E-state index is 12.3. The lowest BCUT2D eigenvalue weighted by atomic mass is 10.0. The van der Waals surface area contributed by atoms with Gasteiger partial charge in [0.25, 0.3) is 5.91 Å². The molecule has 0 radical (unpaired) electrons. The third kappa shape index (κ3) is 2.60. The van der Waals surface area contributed by atoms with Crippen molar-refractivity contribution in [2.24, 2.45) is 0 Å². The summed E-state index contributed by atoms with van der Waals surface area (Å²) in [4.78, 5) is 12.3. The average Bonchev–Trinajstić information content (AvgIpc) is 2.97. The number of phenols is 1. The van der Waals surface area contributed by atoms with Crippen molar-refractivity contribution in [1.82, 2.24) is 5.32 Å². The Hall–Kier alpha value is -2.07. The number of aromatic hydroxyl groups is 1. The summed E-state index contributed by atoms with van der Waals surface area (Å²) < 4.78 is 5.49. The lowest BCUT2D eigenvalue weighted by molar-refractivity contribution is 0.0859. The van der Waals surface area contributed by atoms with Crippen LogP contribution in [0.2, 0.25) is 0 Å². The van der Waals surface area contributed by atoms with Crippen LogP contribution in [0, 0.1) is 0 Å². The van der Waals surface area contributed by atoms with E-state index in [-0.39, 0.29) is 17.8 Å². The van der Waals surface area contributed by atoms with E-state index in [0.29, 0.717) is 12.1 Å². The van der Waals surface area contributed by atoms with E-state index in [2.05, 4.69) is 5.32 Å². The first-order valence-corrected chi connectivity index (χ1v) is 6.85. The number of benzene rings is 2. The minimum absolute atomic E-state index is 0.100. The number of carbonyl (C=O) groups is 1. The Kier molecular flexibility index (Phi) is 3.56. The van der Waals surface area contributed by atoms with Crippen LogP contribution in [-0.4, -0.2) is 30.3 Å². The molecular weight excluding hydrogens is 254 g/mol. The van der Waals surface area contributed by atoms with E-state index in [0.717, 1.165) is 30.2 Å². The van der Waals surface area contributed by atoms with E-state index in [1.807, 2.05) is 12.1 Å². The molecule has 1 aliphatic rings. The molecule has 0 aromatic heterocycles. The molecule has 2 aromatic rings. The normalized spacial score (nSPS) is 18.3. The van der Waals surface area contributed by atoms with Crippen LogP contribution >= 0.6 is 0 Å². The standard InChI is InChI=1S/C16H17NO3/c18-12-6-7-14-11(9-12)3-1-5-15(14)16(19)17-10-13-4-2-8-20-13/h1,3,5-7,9,13,18H,2,4,8,10H2,(H,17,19). The number of hydrogen-bond acceptors (Lipinski definition) is 3. The summed E-state index contributed by atoms with van der Waals surface area (Å²) in [6, 6.07) is 10.5. The van der Waals surface area contributed by atoms with Crippen molar-refractivity contribution >= 4 is 16.7 Å². The van der Waals surface area contributed by atoms with Crippen molar-refractivity contribution in [1.29, 1.82) is 0 Å². The van der Waals surface area contributed by atoms with Crippen LogP contribution in [0.15, 0.2) is 36.4 Å². The van der Waals surface area contributed by atoms with E-state index in [1.165, 1.54) is 0 Å². The summed E-state index contributed by atoms with van der Waals surface area (Å²) in [7, 11) is 0. The number of amides is 1. The Morgan fingerprint density at radius 2 is 2.25 bits per heavy atom. The van der Waals surface area contributed by atoms with Crippen LogP contribution in [-0.2, 0) is 4.74 Å². The summed E-state index contributed by atoms with van der Waals surface area (Å²) >= 11 is 0. The van der Waals surface area contributed by atoms with Gasteiger partial charge in [-0.2, -0.15) is 0 Å². The van der Waals surface area contributed by atoms with Gasteiger partial charge in [-0.3, -0.25) is 4.79 Å². The molecule has 2 N–H and O–H groups in total. The molecule has 0 bridgehead atoms. The minimum atomic E-state index is -0.100. The van der Waals surface area contributed by atoms with Crippen LogP contribution in [0.1, 0.15) is 23.2 Å². The average molecular weight is 271 g/mol. The summed E-state index contributed by atoms with van der Waals surface area (Å²) in [6.45, 7) is 1.33. The summed E-state index contributed by atoms with van der Waals surface area (Å²) in [5, 5.41) is 14.1. The topological polar surface area (TPSA) is 58.6 Å². The van der Waals surface area contributed by atoms with Crippen molar-refractivity contribution in [2.45, 2.75) is 18.9 Å². The lowest BCUT2D eigenvalue weighted by Gasteiger charge is -2.12. The summed E-state index contributed by atoms with van der Waals surface area (Å²) in [5.74, 6) is 0.103. The van der Waals surface area contributed by atoms with Gasteiger partial charge in [-0.1, -0.05) is 12.1 Å². The van der Waals surface area contributed by atoms with Gasteiger partial charge in [0, 0.05) is 18.7 Å². The van der Waals surface area contributed by atoms with Crippen LogP contribution in [0.3, 0.4) is 0 Å². The molecule has 4 nitrogen and oxygen atoms in total. The zero-order chi connectivity index (χ0) is 13.9. The maximum Gasteiger partial charge on any atom is 0.252 e. The third-order valence-electron chi connectivity index (χ3n) is 3.62. The number of carbonyl (C=O) groups excluding carboxylic acids is 1. The van der Waals surface area contributed by atoms with Gasteiger partial charge in [0.05, 0.1) is 6.10 Å². The number of nitrogens with one attached hydrogen (secondary N) is 1. The van der Waals surface area contributed by atoms with Crippen LogP contribution in [0.5, 0.6) is 5.75 Å². The Bertz CT molecular complexity index is 633. The third-order valence-corrected chi connectivity index (χ3v) is 3.62. The van der Waals surface area contributed by atoms with Gasteiger partial charge in [0.15, 0.2) is 0 Å². The zero-order valence-electron chi connectivity index (χ0n) is 11.1. The van der Waals surface area contributed by atoms with Gasteiger partial charge < -0.3 is 15.2 Å². The fourth-order valence-electron chi connectivity index (χ4n) is 2.58. The molecule has 1 amide bonds. The predicted molar refractivity (Wildman–Crippen MR) is 76.9 cm³/mol. The van der Waals surface area contributed by atoms with Gasteiger partial charge in [0.2, 0.25) is 0 Å². The Morgan fingerprint density at radius 1 is 1.35 bits per heavy atom. The highest BCUT2D eigenvalue weighted by atomic mass is 16.5. The SMILES string of the molecule is O=C(NCC1CCCO1)c1cccc2cc(O)ccc12. The summed E-state index contributed by atoms with van der Waals surface area (Å²) in [5.41, 5.74) is 0.625. The molecule has 104 valence electrons. The second-order valence-corrected chi connectivity index (χ2v) is 5.06. The first-order chi connectivity index (χ1) is 9.74. The molecule has 20 heavy (non-hydrogen) atoms. The number of phenolic OH excluding ortho intramolecular Hbond substituents is 1. The van der Waals surface area contributed by atoms with Crippen LogP contribution in [0.25, 0.3) is 10.8 Å². The van der Waals surface area contributed by atoms with Crippen molar-refractivity contribution in [3.05, 3.63) is 42.0 Å². The molecule has 1 fully saturated rings. The fourth-order valence-corrected chi connectivity index (χ4v) is 2.58. The quantitative estimate of drug-likeness (QED) is 0.901. The van der Waals surface area contributed by atoms with Crippen molar-refractivity contribution in [2.75, 3.05) is 13.2 Å². The number of fused-ring (bicyclic) bond motifs is 1. The van der Waals surface area contributed by atoms with Crippen molar-refractivity contribution < 1.29 is 14.6 Å². The highest BCUT2D eigenvalue weighted by molar-refractivity contribution is 6.07. The molecular formula is C16H17NO3. The van der Waals surface area contributed by atoms with E-state index in [4.69, 9.17) is 4.74 Å². The highest BCUT2D eigenvalue weighted by Gasteiger charge is 2.17. The molecule has 1 saturated heterocycles. The molecule has 1 unspecified atom stereocenters. The minimum Gasteiger partial charge on any atom is -0.508 e. The van der Waals surface area contributed by atoms with Crippen LogP contribution < -0.4 is 5.32 Å². The molecule has 4 heteroatoms. The largest absolute Gasteiger partial charge is 0.508 e. The Morgan fingerprint density at radius 3 is 3.05 bits per heavy atom. The second kappa shape index (κ2) is 5.51. The molecule has 0 saturated carbocycles. The van der Waals surface area contributed by atoms with E-state index >= 15 is 0 Å². The number of rotatable bonds is 3. The zero-order valence-corrected chi connectivity index (χ0v) is 11.1. The highest BCUT2D eigenvalue weighted by Crippen LogP contribution is 2.23. The van der Waals surface area contributed by atoms with Gasteiger partial charge in [-0.05, 0) is 47.9 Å². The molecule has 2 aromatic carbocycles. The van der Waals surface area contributed by atoms with Gasteiger partial charge in [-0.15, -0.1) is 0 Å². The second-order valence-electron chi connectivity index (χ2n) is 5.06. The molecule has 1 aliphatic heterocycles. The monoisotopic (exact) mass is 271 g/mol. The smallest absolute Gasteiger partial charge is 0.252 e. The van der Waals surface area contributed by atoms with Crippen molar-refractivity contribution in [3.8, 4) is 5.75 Å². The molecule has 0 spiro atoms. The summed E-state index contributed by atoms with van der Waals surface area (Å²) in [6.07, 6.45) is 2.20. The van der Waals surface area contributed by atoms with Crippen LogP contribution in [0.4, 0.5) is 0 Å². The van der Waals surface area contributed by atoms with E-state index in [9.17, 15) is 9.90 Å². The fraction of sp³-hybridized carbons (Fsp3) is 0.312. The predicted octanol–water partition coefficient (Wildman–Crippen LogP) is 2.45. The Balaban J connectivity index is 1.80. The molecule has 3 rings (SSSR count). The van der Waals surface area contributed by atoms with Gasteiger partial charge in [-0.25, -0.2) is 0 Å². The maximum absolute atomic E-state index is 12.3. The first kappa shape index (κ1) is 12.9. The first-order valence-electron chi connectivity index (χ1n) is 6.85.